The van der Waals surface area contributed by atoms with E-state index in [1.807, 2.05) is 30.3 Å². The van der Waals surface area contributed by atoms with Crippen molar-refractivity contribution in [1.82, 2.24) is 4.90 Å². The first-order valence-corrected chi connectivity index (χ1v) is 11.1. The van der Waals surface area contributed by atoms with E-state index in [-0.39, 0.29) is 36.0 Å². The molecule has 33 heavy (non-hydrogen) atoms. The molecule has 2 aliphatic rings. The molecule has 1 unspecified atom stereocenters. The number of hydrogen-bond acceptors (Lipinski definition) is 5. The lowest BCUT2D eigenvalue weighted by atomic mass is 9.94. The van der Waals surface area contributed by atoms with Crippen molar-refractivity contribution < 1.29 is 23.9 Å². The first-order chi connectivity index (χ1) is 16.0. The van der Waals surface area contributed by atoms with Crippen LogP contribution in [-0.2, 0) is 19.1 Å². The highest BCUT2D eigenvalue weighted by Gasteiger charge is 2.38. The maximum Gasteiger partial charge on any atom is 0.339 e. The fraction of sp³-hybridized carbons (Fsp3) is 0.360. The van der Waals surface area contributed by atoms with Crippen LogP contribution in [0.4, 0.5) is 11.4 Å². The van der Waals surface area contributed by atoms with Crippen LogP contribution in [0.15, 0.2) is 54.6 Å². The Hall–Kier alpha value is -3.68. The molecule has 2 aliphatic heterocycles. The van der Waals surface area contributed by atoms with E-state index in [1.165, 1.54) is 7.11 Å². The molecule has 2 aromatic carbocycles. The summed E-state index contributed by atoms with van der Waals surface area (Å²) in [6.45, 7) is 1.31. The Morgan fingerprint density at radius 3 is 2.30 bits per heavy atom. The molecule has 0 spiro atoms. The predicted molar refractivity (Wildman–Crippen MR) is 123 cm³/mol. The minimum absolute atomic E-state index is 0.0309. The topological polar surface area (TPSA) is 96.0 Å². The molecule has 3 amide bonds. The van der Waals surface area contributed by atoms with Gasteiger partial charge < -0.3 is 19.9 Å². The van der Waals surface area contributed by atoms with Crippen molar-refractivity contribution in [2.75, 3.05) is 37.0 Å². The number of anilines is 2. The minimum atomic E-state index is -0.512. The number of nitrogens with zero attached hydrogens (tertiary/aromatic N) is 2. The average Bonchev–Trinajstić information content (AvgIpc) is 3.25. The van der Waals surface area contributed by atoms with Crippen LogP contribution in [0, 0.1) is 11.8 Å². The average molecular weight is 450 g/mol. The van der Waals surface area contributed by atoms with Crippen LogP contribution in [-0.4, -0.2) is 55.3 Å². The Morgan fingerprint density at radius 2 is 1.61 bits per heavy atom. The summed E-state index contributed by atoms with van der Waals surface area (Å²) >= 11 is 0. The number of nitrogens with one attached hydrogen (secondary N) is 1. The van der Waals surface area contributed by atoms with Crippen molar-refractivity contribution in [2.24, 2.45) is 11.8 Å². The van der Waals surface area contributed by atoms with Crippen molar-refractivity contribution in [2.45, 2.75) is 19.3 Å². The number of carbonyl (C=O) groups excluding carboxylic acids is 4. The Balaban J connectivity index is 1.32. The zero-order valence-electron chi connectivity index (χ0n) is 18.5. The predicted octanol–water partition coefficient (Wildman–Crippen LogP) is 2.70. The molecular formula is C25H27N3O5. The van der Waals surface area contributed by atoms with E-state index in [2.05, 4.69) is 5.32 Å². The number of likely N-dealkylation sites (tertiary alicyclic amines) is 1. The maximum atomic E-state index is 13.0. The summed E-state index contributed by atoms with van der Waals surface area (Å²) in [7, 11) is 1.30. The Morgan fingerprint density at radius 1 is 0.939 bits per heavy atom. The number of esters is 1. The number of methoxy groups -OCH3 is 1. The molecule has 2 heterocycles. The van der Waals surface area contributed by atoms with Gasteiger partial charge in [0.1, 0.15) is 0 Å². The van der Waals surface area contributed by atoms with Gasteiger partial charge in [-0.3, -0.25) is 14.4 Å². The van der Waals surface area contributed by atoms with Crippen LogP contribution in [0.3, 0.4) is 0 Å². The number of rotatable bonds is 5. The Bertz CT molecular complexity index is 1050. The van der Waals surface area contributed by atoms with Gasteiger partial charge in [-0.05, 0) is 37.1 Å². The molecule has 0 aliphatic carbocycles. The highest BCUT2D eigenvalue weighted by Crippen LogP contribution is 2.28. The zero-order chi connectivity index (χ0) is 23.4. The highest BCUT2D eigenvalue weighted by molar-refractivity contribution is 6.02. The van der Waals surface area contributed by atoms with Gasteiger partial charge in [0.15, 0.2) is 0 Å². The number of amides is 3. The van der Waals surface area contributed by atoms with E-state index in [0.29, 0.717) is 43.7 Å². The molecule has 0 saturated carbocycles. The van der Waals surface area contributed by atoms with Gasteiger partial charge in [-0.15, -0.1) is 0 Å². The molecule has 1 atom stereocenters. The summed E-state index contributed by atoms with van der Waals surface area (Å²) in [6.07, 6.45) is 1.26. The van der Waals surface area contributed by atoms with Crippen molar-refractivity contribution in [3.8, 4) is 0 Å². The normalized spacial score (nSPS) is 18.8. The first kappa shape index (κ1) is 22.5. The molecule has 8 nitrogen and oxygen atoms in total. The van der Waals surface area contributed by atoms with E-state index in [0.717, 1.165) is 5.69 Å². The third kappa shape index (κ3) is 4.89. The van der Waals surface area contributed by atoms with Crippen molar-refractivity contribution >= 4 is 35.1 Å². The van der Waals surface area contributed by atoms with Gasteiger partial charge in [-0.2, -0.15) is 0 Å². The lowest BCUT2D eigenvalue weighted by molar-refractivity contribution is -0.138. The fourth-order valence-electron chi connectivity index (χ4n) is 4.47. The maximum absolute atomic E-state index is 13.0. The largest absolute Gasteiger partial charge is 0.465 e. The number of ether oxygens (including phenoxy) is 1. The summed E-state index contributed by atoms with van der Waals surface area (Å²) < 4.78 is 4.77. The number of carbonyl (C=O) groups is 4. The lowest BCUT2D eigenvalue weighted by Gasteiger charge is -2.33. The van der Waals surface area contributed by atoms with Crippen LogP contribution in [0.5, 0.6) is 0 Å². The van der Waals surface area contributed by atoms with Gasteiger partial charge in [-0.25, -0.2) is 4.79 Å². The van der Waals surface area contributed by atoms with E-state index in [4.69, 9.17) is 4.74 Å². The van der Waals surface area contributed by atoms with Crippen molar-refractivity contribution in [3.05, 3.63) is 60.2 Å². The Kier molecular flexibility index (Phi) is 6.72. The number of piperidine rings is 1. The monoisotopic (exact) mass is 449 g/mol. The van der Waals surface area contributed by atoms with E-state index >= 15 is 0 Å². The molecule has 2 fully saturated rings. The fourth-order valence-corrected chi connectivity index (χ4v) is 4.47. The third-order valence-electron chi connectivity index (χ3n) is 6.31. The van der Waals surface area contributed by atoms with Gasteiger partial charge in [0.25, 0.3) is 0 Å². The van der Waals surface area contributed by atoms with E-state index in [1.54, 1.807) is 34.1 Å². The first-order valence-electron chi connectivity index (χ1n) is 11.1. The van der Waals surface area contributed by atoms with Crippen LogP contribution in [0.25, 0.3) is 0 Å². The van der Waals surface area contributed by atoms with E-state index < -0.39 is 5.97 Å². The summed E-state index contributed by atoms with van der Waals surface area (Å²) in [6, 6.07) is 16.1. The molecular weight excluding hydrogens is 422 g/mol. The SMILES string of the molecule is COC(=O)c1ccccc1NC(=O)C1CCN(C(=O)C2CC(=O)N(c3ccccc3)C2)CC1. The molecule has 172 valence electrons. The lowest BCUT2D eigenvalue weighted by Crippen LogP contribution is -2.44. The second kappa shape index (κ2) is 9.85. The Labute approximate surface area is 192 Å². The number of hydrogen-bond donors (Lipinski definition) is 1. The summed E-state index contributed by atoms with van der Waals surface area (Å²) in [5.74, 6) is -1.39. The van der Waals surface area contributed by atoms with Gasteiger partial charge in [0.05, 0.1) is 24.3 Å². The van der Waals surface area contributed by atoms with Crippen molar-refractivity contribution in [3.63, 3.8) is 0 Å². The molecule has 0 aromatic heterocycles. The van der Waals surface area contributed by atoms with Gasteiger partial charge in [0, 0.05) is 37.7 Å². The smallest absolute Gasteiger partial charge is 0.339 e. The van der Waals surface area contributed by atoms with Crippen LogP contribution < -0.4 is 10.2 Å². The van der Waals surface area contributed by atoms with E-state index in [9.17, 15) is 19.2 Å². The molecule has 2 saturated heterocycles. The second-order valence-electron chi connectivity index (χ2n) is 8.37. The number of benzene rings is 2. The van der Waals surface area contributed by atoms with Gasteiger partial charge in [0.2, 0.25) is 17.7 Å². The minimum Gasteiger partial charge on any atom is -0.465 e. The van der Waals surface area contributed by atoms with Crippen molar-refractivity contribution in [1.29, 1.82) is 0 Å². The number of para-hydroxylation sites is 2. The summed E-state index contributed by atoms with van der Waals surface area (Å²) in [5.41, 5.74) is 1.52. The third-order valence-corrected chi connectivity index (χ3v) is 6.31. The molecule has 2 aromatic rings. The zero-order valence-corrected chi connectivity index (χ0v) is 18.5. The van der Waals surface area contributed by atoms with Crippen LogP contribution in [0.2, 0.25) is 0 Å². The van der Waals surface area contributed by atoms with Gasteiger partial charge in [-0.1, -0.05) is 30.3 Å². The van der Waals surface area contributed by atoms with Gasteiger partial charge >= 0.3 is 5.97 Å². The summed E-state index contributed by atoms with van der Waals surface area (Å²) in [4.78, 5) is 53.6. The highest BCUT2D eigenvalue weighted by atomic mass is 16.5. The molecule has 8 heteroatoms. The molecule has 0 radical (unpaired) electrons. The second-order valence-corrected chi connectivity index (χ2v) is 8.37. The van der Waals surface area contributed by atoms with Crippen LogP contribution >= 0.6 is 0 Å². The van der Waals surface area contributed by atoms with Crippen LogP contribution in [0.1, 0.15) is 29.6 Å². The molecule has 0 bridgehead atoms. The quantitative estimate of drug-likeness (QED) is 0.708. The molecule has 1 N–H and O–H groups in total. The summed E-state index contributed by atoms with van der Waals surface area (Å²) in [5, 5.41) is 2.83. The molecule has 4 rings (SSSR count). The standard InChI is InChI=1S/C25H27N3O5/c1-33-25(32)20-9-5-6-10-21(20)26-23(30)17-11-13-27(14-12-17)24(31)18-15-22(29)28(16-18)19-7-3-2-4-8-19/h2-10,17-18H,11-16H2,1H3,(H,26,30).